The van der Waals surface area contributed by atoms with Gasteiger partial charge in [-0.05, 0) is 31.9 Å². The van der Waals surface area contributed by atoms with Gasteiger partial charge in [0, 0.05) is 25.1 Å². The average Bonchev–Trinajstić information content (AvgIpc) is 3.20. The summed E-state index contributed by atoms with van der Waals surface area (Å²) in [5.41, 5.74) is 1.77. The van der Waals surface area contributed by atoms with E-state index >= 15 is 0 Å². The zero-order valence-electron chi connectivity index (χ0n) is 12.9. The highest BCUT2D eigenvalue weighted by Gasteiger charge is 2.29. The van der Waals surface area contributed by atoms with E-state index in [-0.39, 0.29) is 5.91 Å². The number of amides is 1. The van der Waals surface area contributed by atoms with Gasteiger partial charge in [0.15, 0.2) is 0 Å². The fourth-order valence-corrected chi connectivity index (χ4v) is 4.14. The first-order chi connectivity index (χ1) is 11.2. The number of rotatable bonds is 2. The Morgan fingerprint density at radius 1 is 1.39 bits per heavy atom. The molecule has 118 valence electrons. The van der Waals surface area contributed by atoms with Crippen molar-refractivity contribution in [1.82, 2.24) is 15.0 Å². The van der Waals surface area contributed by atoms with Gasteiger partial charge in [-0.15, -0.1) is 11.3 Å². The summed E-state index contributed by atoms with van der Waals surface area (Å²) in [6.07, 6.45) is 2.05. The van der Waals surface area contributed by atoms with Crippen LogP contribution in [0.2, 0.25) is 0 Å². The second kappa shape index (κ2) is 5.77. The highest BCUT2D eigenvalue weighted by Crippen LogP contribution is 2.33. The lowest BCUT2D eigenvalue weighted by atomic mass is 9.98. The third kappa shape index (κ3) is 2.74. The van der Waals surface area contributed by atoms with E-state index in [0.29, 0.717) is 18.2 Å². The fraction of sp³-hybridized carbons (Fsp3) is 0.353. The number of likely N-dealkylation sites (tertiary alicyclic amines) is 1. The van der Waals surface area contributed by atoms with Gasteiger partial charge in [0.2, 0.25) is 5.76 Å². The number of piperidine rings is 1. The van der Waals surface area contributed by atoms with Crippen LogP contribution in [-0.4, -0.2) is 34.0 Å². The van der Waals surface area contributed by atoms with Gasteiger partial charge in [-0.2, -0.15) is 0 Å². The molecule has 1 aliphatic heterocycles. The van der Waals surface area contributed by atoms with Crippen molar-refractivity contribution in [3.63, 3.8) is 0 Å². The molecule has 6 heteroatoms. The molecular formula is C17H17N3O2S. The number of hydrogen-bond donors (Lipinski definition) is 0. The Bertz CT molecular complexity index is 821. The molecule has 1 aromatic carbocycles. The predicted molar refractivity (Wildman–Crippen MR) is 88.7 cm³/mol. The monoisotopic (exact) mass is 327 g/mol. The lowest BCUT2D eigenvalue weighted by molar-refractivity contribution is 0.0665. The maximum atomic E-state index is 12.5. The largest absolute Gasteiger partial charge is 0.351 e. The number of carbonyl (C=O) groups excluding carboxylic acids is 1. The van der Waals surface area contributed by atoms with Crippen molar-refractivity contribution in [2.24, 2.45) is 0 Å². The van der Waals surface area contributed by atoms with E-state index in [4.69, 9.17) is 9.51 Å². The first-order valence-corrected chi connectivity index (χ1v) is 8.60. The second-order valence-electron chi connectivity index (χ2n) is 5.94. The standard InChI is InChI=1S/C17H17N3O2S/c1-11-9-14(22-19-11)17(21)20-8-4-5-12(10-20)16-18-13-6-2-3-7-15(13)23-16/h2-3,6-7,9,12H,4-5,8,10H2,1H3/t12-/m0/s1. The lowest BCUT2D eigenvalue weighted by Crippen LogP contribution is -2.38. The predicted octanol–water partition coefficient (Wildman–Crippen LogP) is 3.61. The first-order valence-electron chi connectivity index (χ1n) is 7.79. The number of nitrogens with zero attached hydrogens (tertiary/aromatic N) is 3. The van der Waals surface area contributed by atoms with E-state index in [1.54, 1.807) is 17.4 Å². The minimum Gasteiger partial charge on any atom is -0.351 e. The van der Waals surface area contributed by atoms with Crippen LogP contribution in [0.1, 0.15) is 40.0 Å². The molecule has 5 nitrogen and oxygen atoms in total. The second-order valence-corrected chi connectivity index (χ2v) is 7.00. The van der Waals surface area contributed by atoms with Gasteiger partial charge in [-0.25, -0.2) is 4.98 Å². The van der Waals surface area contributed by atoms with Gasteiger partial charge in [0.25, 0.3) is 5.91 Å². The molecule has 0 radical (unpaired) electrons. The molecule has 1 atom stereocenters. The Kier molecular flexibility index (Phi) is 3.61. The maximum absolute atomic E-state index is 12.5. The molecule has 1 amide bonds. The Morgan fingerprint density at radius 2 is 2.26 bits per heavy atom. The number of aryl methyl sites for hydroxylation is 1. The number of aromatic nitrogens is 2. The van der Waals surface area contributed by atoms with Crippen LogP contribution in [0.25, 0.3) is 10.2 Å². The number of carbonyl (C=O) groups is 1. The summed E-state index contributed by atoms with van der Waals surface area (Å²) in [5, 5.41) is 4.93. The summed E-state index contributed by atoms with van der Waals surface area (Å²) in [6.45, 7) is 3.28. The van der Waals surface area contributed by atoms with Gasteiger partial charge in [0.1, 0.15) is 0 Å². The summed E-state index contributed by atoms with van der Waals surface area (Å²) in [4.78, 5) is 19.2. The molecule has 2 aromatic heterocycles. The topological polar surface area (TPSA) is 59.2 Å². The van der Waals surface area contributed by atoms with E-state index in [2.05, 4.69) is 11.2 Å². The number of benzene rings is 1. The highest BCUT2D eigenvalue weighted by atomic mass is 32.1. The quantitative estimate of drug-likeness (QED) is 0.721. The molecule has 0 unspecified atom stereocenters. The van der Waals surface area contributed by atoms with E-state index in [1.165, 1.54) is 4.70 Å². The molecule has 23 heavy (non-hydrogen) atoms. The Labute approximate surface area is 137 Å². The zero-order chi connectivity index (χ0) is 15.8. The van der Waals surface area contributed by atoms with Gasteiger partial charge in [-0.1, -0.05) is 17.3 Å². The van der Waals surface area contributed by atoms with E-state index < -0.39 is 0 Å². The van der Waals surface area contributed by atoms with Crippen molar-refractivity contribution in [2.45, 2.75) is 25.7 Å². The minimum atomic E-state index is -0.0728. The Hall–Kier alpha value is -2.21. The summed E-state index contributed by atoms with van der Waals surface area (Å²) >= 11 is 1.73. The molecule has 1 aliphatic rings. The fourth-order valence-electron chi connectivity index (χ4n) is 3.05. The van der Waals surface area contributed by atoms with Crippen LogP contribution in [-0.2, 0) is 0 Å². The van der Waals surface area contributed by atoms with Crippen LogP contribution in [0.15, 0.2) is 34.9 Å². The Morgan fingerprint density at radius 3 is 3.04 bits per heavy atom. The van der Waals surface area contributed by atoms with Crippen LogP contribution in [0, 0.1) is 6.92 Å². The average molecular weight is 327 g/mol. The maximum Gasteiger partial charge on any atom is 0.292 e. The zero-order valence-corrected chi connectivity index (χ0v) is 13.7. The molecule has 1 fully saturated rings. The third-order valence-corrected chi connectivity index (χ3v) is 5.41. The molecule has 0 N–H and O–H groups in total. The smallest absolute Gasteiger partial charge is 0.292 e. The molecule has 1 saturated heterocycles. The number of thiazole rings is 1. The summed E-state index contributed by atoms with van der Waals surface area (Å²) < 4.78 is 6.32. The van der Waals surface area contributed by atoms with Crippen molar-refractivity contribution in [3.8, 4) is 0 Å². The first kappa shape index (κ1) is 14.4. The van der Waals surface area contributed by atoms with Crippen LogP contribution < -0.4 is 0 Å². The van der Waals surface area contributed by atoms with Crippen LogP contribution in [0.3, 0.4) is 0 Å². The normalized spacial score (nSPS) is 18.5. The van der Waals surface area contributed by atoms with Crippen molar-refractivity contribution < 1.29 is 9.32 Å². The number of para-hydroxylation sites is 1. The van der Waals surface area contributed by atoms with Gasteiger partial charge in [0.05, 0.1) is 20.9 Å². The summed E-state index contributed by atoms with van der Waals surface area (Å²) in [7, 11) is 0. The van der Waals surface area contributed by atoms with Crippen LogP contribution in [0.5, 0.6) is 0 Å². The van der Waals surface area contributed by atoms with Crippen LogP contribution >= 0.6 is 11.3 Å². The van der Waals surface area contributed by atoms with Crippen molar-refractivity contribution in [3.05, 3.63) is 46.8 Å². The Balaban J connectivity index is 1.55. The molecule has 0 aliphatic carbocycles. The SMILES string of the molecule is Cc1cc(C(=O)N2CCC[C@H](c3nc4ccccc4s3)C2)on1. The number of hydrogen-bond acceptors (Lipinski definition) is 5. The van der Waals surface area contributed by atoms with Gasteiger partial charge >= 0.3 is 0 Å². The van der Waals surface area contributed by atoms with E-state index in [9.17, 15) is 4.79 Å². The summed E-state index contributed by atoms with van der Waals surface area (Å²) in [5.74, 6) is 0.554. The minimum absolute atomic E-state index is 0.0728. The van der Waals surface area contributed by atoms with Gasteiger partial charge < -0.3 is 9.42 Å². The molecule has 0 bridgehead atoms. The van der Waals surface area contributed by atoms with Crippen molar-refractivity contribution >= 4 is 27.5 Å². The molecule has 4 rings (SSSR count). The number of fused-ring (bicyclic) bond motifs is 1. The van der Waals surface area contributed by atoms with Crippen molar-refractivity contribution in [2.75, 3.05) is 13.1 Å². The van der Waals surface area contributed by atoms with Crippen molar-refractivity contribution in [1.29, 1.82) is 0 Å². The summed E-state index contributed by atoms with van der Waals surface area (Å²) in [6, 6.07) is 9.88. The van der Waals surface area contributed by atoms with E-state index in [1.807, 2.05) is 30.0 Å². The van der Waals surface area contributed by atoms with Gasteiger partial charge in [-0.3, -0.25) is 4.79 Å². The van der Waals surface area contributed by atoms with Crippen LogP contribution in [0.4, 0.5) is 0 Å². The molecule has 0 saturated carbocycles. The third-order valence-electron chi connectivity index (χ3n) is 4.21. The molecular weight excluding hydrogens is 310 g/mol. The molecule has 3 aromatic rings. The highest BCUT2D eigenvalue weighted by molar-refractivity contribution is 7.18. The lowest BCUT2D eigenvalue weighted by Gasteiger charge is -2.31. The van der Waals surface area contributed by atoms with E-state index in [0.717, 1.165) is 35.6 Å². The molecule has 0 spiro atoms. The molecule has 3 heterocycles.